The first-order valence-electron chi connectivity index (χ1n) is 10.4. The second-order valence-electron chi connectivity index (χ2n) is 8.17. The van der Waals surface area contributed by atoms with Gasteiger partial charge in [-0.05, 0) is 43.9 Å². The average molecular weight is 442 g/mol. The highest BCUT2D eigenvalue weighted by Gasteiger charge is 2.44. The van der Waals surface area contributed by atoms with Gasteiger partial charge in [0.2, 0.25) is 5.88 Å². The van der Waals surface area contributed by atoms with E-state index in [1.807, 2.05) is 4.90 Å². The first-order valence-corrected chi connectivity index (χ1v) is 10.4. The van der Waals surface area contributed by atoms with Gasteiger partial charge in [-0.1, -0.05) is 6.07 Å². The number of carbonyl (C=O) groups excluding carboxylic acids is 1. The molecule has 1 aromatic carbocycles. The van der Waals surface area contributed by atoms with Gasteiger partial charge in [0.15, 0.2) is 17.5 Å². The monoisotopic (exact) mass is 442 g/mol. The molecule has 1 fully saturated rings. The highest BCUT2D eigenvalue weighted by Crippen LogP contribution is 2.45. The molecule has 3 aromatic rings. The van der Waals surface area contributed by atoms with Crippen molar-refractivity contribution in [1.82, 2.24) is 19.7 Å². The van der Waals surface area contributed by atoms with E-state index in [0.717, 1.165) is 37.0 Å². The lowest BCUT2D eigenvalue weighted by molar-refractivity contribution is 0.0385. The zero-order chi connectivity index (χ0) is 22.6. The Labute approximate surface area is 182 Å². The molecule has 2 aliphatic rings. The smallest absolute Gasteiger partial charge is 0.273 e. The Bertz CT molecular complexity index is 1200. The van der Waals surface area contributed by atoms with Gasteiger partial charge in [-0.3, -0.25) is 9.48 Å². The minimum Gasteiger partial charge on any atom is -0.481 e. The van der Waals surface area contributed by atoms with Crippen LogP contribution in [0.4, 0.5) is 13.2 Å². The number of ether oxygens (including phenoxy) is 1. The summed E-state index contributed by atoms with van der Waals surface area (Å²) in [5.41, 5.74) is 2.62. The maximum Gasteiger partial charge on any atom is 0.273 e. The van der Waals surface area contributed by atoms with Crippen LogP contribution in [0.15, 0.2) is 30.3 Å². The molecule has 0 unspecified atom stereocenters. The molecule has 32 heavy (non-hydrogen) atoms. The summed E-state index contributed by atoms with van der Waals surface area (Å²) in [6.45, 7) is 0. The van der Waals surface area contributed by atoms with E-state index < -0.39 is 17.5 Å². The van der Waals surface area contributed by atoms with Crippen molar-refractivity contribution in [3.05, 3.63) is 64.7 Å². The molecule has 4 heterocycles. The molecule has 2 atom stereocenters. The number of hydrogen-bond donors (Lipinski definition) is 0. The van der Waals surface area contributed by atoms with Crippen LogP contribution in [0.25, 0.3) is 11.3 Å². The number of halogens is 3. The Kier molecular flexibility index (Phi) is 4.91. The first kappa shape index (κ1) is 20.5. The highest BCUT2D eigenvalue weighted by molar-refractivity contribution is 5.93. The van der Waals surface area contributed by atoms with Crippen molar-refractivity contribution in [1.29, 1.82) is 0 Å². The Morgan fingerprint density at radius 3 is 2.62 bits per heavy atom. The van der Waals surface area contributed by atoms with E-state index in [1.54, 1.807) is 29.9 Å². The predicted octanol–water partition coefficient (Wildman–Crippen LogP) is 4.20. The molecule has 2 aliphatic heterocycles. The van der Waals surface area contributed by atoms with E-state index in [4.69, 9.17) is 4.74 Å². The van der Waals surface area contributed by atoms with Crippen molar-refractivity contribution in [3.8, 4) is 17.1 Å². The number of carbonyl (C=O) groups is 1. The Morgan fingerprint density at radius 1 is 1.16 bits per heavy atom. The number of hydrogen-bond acceptors (Lipinski definition) is 4. The summed E-state index contributed by atoms with van der Waals surface area (Å²) in [7, 11) is 3.18. The lowest BCUT2D eigenvalue weighted by Gasteiger charge is -2.45. The molecule has 0 N–H and O–H groups in total. The van der Waals surface area contributed by atoms with E-state index in [1.165, 1.54) is 7.11 Å². The SMILES string of the molecule is COc1cccc(C(=O)N2[C@@H]3CCC[C@H]2c2nn(C)c(-c4cc(F)c(F)c(F)c4)c2C3)n1. The fourth-order valence-corrected chi connectivity index (χ4v) is 4.98. The van der Waals surface area contributed by atoms with E-state index in [9.17, 15) is 18.0 Å². The van der Waals surface area contributed by atoms with Crippen molar-refractivity contribution < 1.29 is 22.7 Å². The number of aromatic nitrogens is 3. The number of rotatable bonds is 3. The second-order valence-corrected chi connectivity index (χ2v) is 8.17. The predicted molar refractivity (Wildman–Crippen MR) is 110 cm³/mol. The molecule has 6 nitrogen and oxygen atoms in total. The highest BCUT2D eigenvalue weighted by atomic mass is 19.2. The number of amides is 1. The van der Waals surface area contributed by atoms with Crippen molar-refractivity contribution in [2.24, 2.45) is 7.05 Å². The Balaban J connectivity index is 1.58. The van der Waals surface area contributed by atoms with Gasteiger partial charge in [0.05, 0.1) is 24.5 Å². The standard InChI is InChI=1S/C23H21F3N4O2/c1-29-22(12-9-15(24)20(26)16(25)10-12)14-11-13-5-3-7-18(21(14)28-29)30(13)23(31)17-6-4-8-19(27-17)32-2/h4,6,8-10,13,18H,3,5,7,11H2,1-2H3/t13-,18+/m1/s1. The summed E-state index contributed by atoms with van der Waals surface area (Å²) < 4.78 is 48.1. The maximum atomic E-state index is 13.9. The van der Waals surface area contributed by atoms with Crippen LogP contribution < -0.4 is 4.74 Å². The normalized spacial score (nSPS) is 19.6. The number of pyridine rings is 1. The summed E-state index contributed by atoms with van der Waals surface area (Å²) in [4.78, 5) is 19.5. The largest absolute Gasteiger partial charge is 0.481 e. The molecule has 2 bridgehead atoms. The van der Waals surface area contributed by atoms with Gasteiger partial charge in [-0.15, -0.1) is 0 Å². The number of nitrogens with zero attached hydrogens (tertiary/aromatic N) is 4. The number of aryl methyl sites for hydroxylation is 1. The van der Waals surface area contributed by atoms with E-state index in [0.29, 0.717) is 29.4 Å². The molecule has 2 aromatic heterocycles. The van der Waals surface area contributed by atoms with Crippen LogP contribution in [0.2, 0.25) is 0 Å². The van der Waals surface area contributed by atoms with Crippen LogP contribution in [0, 0.1) is 17.5 Å². The Hall–Kier alpha value is -3.36. The number of piperidine rings is 1. The maximum absolute atomic E-state index is 13.9. The quantitative estimate of drug-likeness (QED) is 0.571. The lowest BCUT2D eigenvalue weighted by atomic mass is 9.81. The third-order valence-electron chi connectivity index (χ3n) is 6.32. The topological polar surface area (TPSA) is 60.2 Å². The molecule has 0 aliphatic carbocycles. The molecule has 0 saturated carbocycles. The third-order valence-corrected chi connectivity index (χ3v) is 6.32. The van der Waals surface area contributed by atoms with Crippen molar-refractivity contribution in [2.45, 2.75) is 37.8 Å². The van der Waals surface area contributed by atoms with Gasteiger partial charge in [0.25, 0.3) is 5.91 Å². The molecule has 0 spiro atoms. The van der Waals surface area contributed by atoms with Gasteiger partial charge in [-0.2, -0.15) is 5.10 Å². The molecule has 1 amide bonds. The van der Waals surface area contributed by atoms with Gasteiger partial charge < -0.3 is 9.64 Å². The zero-order valence-electron chi connectivity index (χ0n) is 17.6. The van der Waals surface area contributed by atoms with E-state index in [2.05, 4.69) is 10.1 Å². The second kappa shape index (κ2) is 7.65. The Morgan fingerprint density at radius 2 is 1.91 bits per heavy atom. The van der Waals surface area contributed by atoms with Crippen molar-refractivity contribution >= 4 is 5.91 Å². The van der Waals surface area contributed by atoms with Gasteiger partial charge in [0, 0.05) is 30.3 Å². The molecule has 1 saturated heterocycles. The van der Waals surface area contributed by atoms with Crippen molar-refractivity contribution in [3.63, 3.8) is 0 Å². The number of fused-ring (bicyclic) bond motifs is 4. The minimum atomic E-state index is -1.50. The summed E-state index contributed by atoms with van der Waals surface area (Å²) in [5, 5.41) is 4.63. The van der Waals surface area contributed by atoms with Gasteiger partial charge in [-0.25, -0.2) is 18.2 Å². The lowest BCUT2D eigenvalue weighted by Crippen LogP contribution is -2.50. The molecule has 9 heteroatoms. The fraction of sp³-hybridized carbons (Fsp3) is 0.348. The van der Waals surface area contributed by atoms with E-state index in [-0.39, 0.29) is 23.6 Å². The molecule has 0 radical (unpaired) electrons. The molecule has 166 valence electrons. The summed E-state index contributed by atoms with van der Waals surface area (Å²) in [5.74, 6) is -3.82. The summed E-state index contributed by atoms with van der Waals surface area (Å²) in [6, 6.07) is 6.67. The van der Waals surface area contributed by atoms with Crippen LogP contribution in [-0.4, -0.2) is 38.7 Å². The van der Waals surface area contributed by atoms with Crippen LogP contribution >= 0.6 is 0 Å². The summed E-state index contributed by atoms with van der Waals surface area (Å²) in [6.07, 6.45) is 2.95. The van der Waals surface area contributed by atoms with Crippen LogP contribution in [0.3, 0.4) is 0 Å². The fourth-order valence-electron chi connectivity index (χ4n) is 4.98. The van der Waals surface area contributed by atoms with Crippen LogP contribution in [0.5, 0.6) is 5.88 Å². The molecule has 5 rings (SSSR count). The van der Waals surface area contributed by atoms with Crippen LogP contribution in [0.1, 0.15) is 47.1 Å². The first-order chi connectivity index (χ1) is 15.4. The molecular weight excluding hydrogens is 421 g/mol. The van der Waals surface area contributed by atoms with Crippen LogP contribution in [-0.2, 0) is 13.5 Å². The number of benzene rings is 1. The van der Waals surface area contributed by atoms with Gasteiger partial charge in [0.1, 0.15) is 5.69 Å². The minimum absolute atomic E-state index is 0.0974. The zero-order valence-corrected chi connectivity index (χ0v) is 17.6. The average Bonchev–Trinajstić information content (AvgIpc) is 3.11. The summed E-state index contributed by atoms with van der Waals surface area (Å²) >= 11 is 0. The third kappa shape index (κ3) is 3.14. The van der Waals surface area contributed by atoms with Crippen molar-refractivity contribution in [2.75, 3.05) is 7.11 Å². The van der Waals surface area contributed by atoms with E-state index >= 15 is 0 Å². The van der Waals surface area contributed by atoms with Gasteiger partial charge >= 0.3 is 0 Å². The number of methoxy groups -OCH3 is 1. The molecular formula is C23H21F3N4O2.